The number of ether oxygens (including phenoxy) is 3. The fraction of sp³-hybridized carbons (Fsp3) is 0.467. The Morgan fingerprint density at radius 1 is 1.04 bits per heavy atom. The van der Waals surface area contributed by atoms with Gasteiger partial charge in [0.1, 0.15) is 6.33 Å². The molecule has 24 heavy (non-hydrogen) atoms. The van der Waals surface area contributed by atoms with Crippen LogP contribution < -0.4 is 14.2 Å². The van der Waals surface area contributed by atoms with Gasteiger partial charge in [-0.05, 0) is 25.3 Å². The quantitative estimate of drug-likeness (QED) is 0.520. The molecule has 0 atom stereocenters. The van der Waals surface area contributed by atoms with Crippen molar-refractivity contribution in [2.45, 2.75) is 19.3 Å². The van der Waals surface area contributed by atoms with Gasteiger partial charge in [0.15, 0.2) is 11.5 Å². The van der Waals surface area contributed by atoms with Gasteiger partial charge in [0.25, 0.3) is 0 Å². The second kappa shape index (κ2) is 8.28. The van der Waals surface area contributed by atoms with E-state index < -0.39 is 7.60 Å². The number of fused-ring (bicyclic) bond motifs is 1. The van der Waals surface area contributed by atoms with Crippen molar-refractivity contribution in [2.24, 2.45) is 0 Å². The van der Waals surface area contributed by atoms with Crippen molar-refractivity contribution in [1.29, 1.82) is 0 Å². The molecule has 2 N–H and O–H groups in total. The third kappa shape index (κ3) is 5.06. The van der Waals surface area contributed by atoms with Gasteiger partial charge in [-0.15, -0.1) is 0 Å². The van der Waals surface area contributed by atoms with Crippen molar-refractivity contribution in [1.82, 2.24) is 9.97 Å². The predicted molar refractivity (Wildman–Crippen MR) is 88.9 cm³/mol. The summed E-state index contributed by atoms with van der Waals surface area (Å²) < 4.78 is 27.0. The van der Waals surface area contributed by atoms with E-state index in [2.05, 4.69) is 9.97 Å². The highest BCUT2D eigenvalue weighted by Crippen LogP contribution is 2.36. The van der Waals surface area contributed by atoms with E-state index in [0.717, 1.165) is 0 Å². The van der Waals surface area contributed by atoms with Gasteiger partial charge in [-0.3, -0.25) is 4.57 Å². The lowest BCUT2D eigenvalue weighted by Gasteiger charge is -2.11. The van der Waals surface area contributed by atoms with Gasteiger partial charge in [-0.25, -0.2) is 9.97 Å². The smallest absolute Gasteiger partial charge is 0.325 e. The van der Waals surface area contributed by atoms with Crippen LogP contribution in [0, 0.1) is 0 Å². The summed E-state index contributed by atoms with van der Waals surface area (Å²) in [7, 11) is -0.803. The molecule has 132 valence electrons. The van der Waals surface area contributed by atoms with Crippen LogP contribution in [0.2, 0.25) is 0 Å². The zero-order valence-corrected chi connectivity index (χ0v) is 14.5. The molecule has 0 fully saturated rings. The van der Waals surface area contributed by atoms with E-state index in [-0.39, 0.29) is 6.16 Å². The van der Waals surface area contributed by atoms with E-state index in [4.69, 9.17) is 24.0 Å². The lowest BCUT2D eigenvalue weighted by atomic mass is 10.2. The van der Waals surface area contributed by atoms with Gasteiger partial charge in [-0.1, -0.05) is 0 Å². The van der Waals surface area contributed by atoms with Crippen molar-refractivity contribution in [3.63, 3.8) is 0 Å². The summed E-state index contributed by atoms with van der Waals surface area (Å²) in [6, 6.07) is 3.51. The first-order valence-electron chi connectivity index (χ1n) is 7.48. The maximum atomic E-state index is 10.8. The monoisotopic (exact) mass is 356 g/mol. The average Bonchev–Trinajstić information content (AvgIpc) is 2.55. The minimum absolute atomic E-state index is 0.0968. The molecule has 1 heterocycles. The summed E-state index contributed by atoms with van der Waals surface area (Å²) in [4.78, 5) is 25.9. The van der Waals surface area contributed by atoms with Crippen LogP contribution in [-0.2, 0) is 4.57 Å². The molecule has 1 aromatic carbocycles. The largest absolute Gasteiger partial charge is 0.493 e. The molecular formula is C15H21N2O6P. The Hall–Kier alpha value is -1.89. The van der Waals surface area contributed by atoms with Crippen molar-refractivity contribution < 1.29 is 28.6 Å². The van der Waals surface area contributed by atoms with Gasteiger partial charge < -0.3 is 24.0 Å². The summed E-state index contributed by atoms with van der Waals surface area (Å²) in [5.74, 6) is 1.58. The normalized spacial score (nSPS) is 11.5. The van der Waals surface area contributed by atoms with Crippen molar-refractivity contribution in [3.05, 3.63) is 18.5 Å². The molecule has 1 aromatic heterocycles. The predicted octanol–water partition coefficient (Wildman–Crippen LogP) is 2.37. The van der Waals surface area contributed by atoms with E-state index in [1.54, 1.807) is 26.4 Å². The first-order chi connectivity index (χ1) is 11.4. The molecule has 0 aliphatic carbocycles. The second-order valence-electron chi connectivity index (χ2n) is 5.20. The molecule has 0 bridgehead atoms. The molecule has 8 nitrogen and oxygen atoms in total. The Morgan fingerprint density at radius 2 is 1.75 bits per heavy atom. The van der Waals surface area contributed by atoms with Gasteiger partial charge in [0.05, 0.1) is 31.7 Å². The van der Waals surface area contributed by atoms with Crippen LogP contribution in [0.4, 0.5) is 0 Å². The molecular weight excluding hydrogens is 335 g/mol. The standard InChI is InChI=1S/C15H21N2O6P/c1-21-13-8-11-12(9-14(13)22-2)16-10-17-15(11)23-6-4-3-5-7-24(18,19)20/h8-10H,3-7H2,1-2H3,(H2,18,19,20). The first-order valence-corrected chi connectivity index (χ1v) is 9.28. The van der Waals surface area contributed by atoms with E-state index in [1.807, 2.05) is 0 Å². The Balaban J connectivity index is 2.00. The lowest BCUT2D eigenvalue weighted by molar-refractivity contribution is 0.297. The van der Waals surface area contributed by atoms with E-state index >= 15 is 0 Å². The molecule has 0 saturated heterocycles. The van der Waals surface area contributed by atoms with Crippen LogP contribution in [-0.4, -0.2) is 46.7 Å². The van der Waals surface area contributed by atoms with Gasteiger partial charge in [-0.2, -0.15) is 0 Å². The van der Waals surface area contributed by atoms with Gasteiger partial charge in [0.2, 0.25) is 5.88 Å². The molecule has 0 unspecified atom stereocenters. The minimum atomic E-state index is -3.91. The van der Waals surface area contributed by atoms with E-state index in [1.165, 1.54) is 6.33 Å². The number of unbranched alkanes of at least 4 members (excludes halogenated alkanes) is 2. The van der Waals surface area contributed by atoms with Crippen LogP contribution in [0.5, 0.6) is 17.4 Å². The average molecular weight is 356 g/mol. The molecule has 9 heteroatoms. The molecule has 2 aromatic rings. The second-order valence-corrected chi connectivity index (χ2v) is 6.98. The topological polar surface area (TPSA) is 111 Å². The molecule has 0 saturated carbocycles. The third-order valence-electron chi connectivity index (χ3n) is 3.44. The highest BCUT2D eigenvalue weighted by molar-refractivity contribution is 7.51. The Morgan fingerprint density at radius 3 is 2.42 bits per heavy atom. The lowest BCUT2D eigenvalue weighted by Crippen LogP contribution is -2.01. The summed E-state index contributed by atoms with van der Waals surface area (Å²) in [6.45, 7) is 0.404. The maximum Gasteiger partial charge on any atom is 0.325 e. The van der Waals surface area contributed by atoms with Crippen LogP contribution in [0.15, 0.2) is 18.5 Å². The number of nitrogens with zero attached hydrogens (tertiary/aromatic N) is 2. The van der Waals surface area contributed by atoms with Crippen molar-refractivity contribution in [2.75, 3.05) is 27.0 Å². The Kier molecular flexibility index (Phi) is 6.36. The van der Waals surface area contributed by atoms with Crippen LogP contribution >= 0.6 is 7.60 Å². The molecule has 0 spiro atoms. The molecule has 0 aliphatic rings. The highest BCUT2D eigenvalue weighted by Gasteiger charge is 2.13. The molecule has 2 rings (SSSR count). The summed E-state index contributed by atoms with van der Waals surface area (Å²) >= 11 is 0. The SMILES string of the molecule is COc1cc2ncnc(OCCCCCP(=O)(O)O)c2cc1OC. The zero-order valence-electron chi connectivity index (χ0n) is 13.6. The van der Waals surface area contributed by atoms with Crippen molar-refractivity contribution >= 4 is 18.5 Å². The van der Waals surface area contributed by atoms with Gasteiger partial charge >= 0.3 is 7.60 Å². The summed E-state index contributed by atoms with van der Waals surface area (Å²) in [5, 5.41) is 0.713. The van der Waals surface area contributed by atoms with Crippen molar-refractivity contribution in [3.8, 4) is 17.4 Å². The summed E-state index contributed by atoms with van der Waals surface area (Å²) in [5.41, 5.74) is 0.680. The van der Waals surface area contributed by atoms with Crippen LogP contribution in [0.25, 0.3) is 10.9 Å². The minimum Gasteiger partial charge on any atom is -0.493 e. The molecule has 0 aliphatic heterocycles. The van der Waals surface area contributed by atoms with E-state index in [9.17, 15) is 4.57 Å². The van der Waals surface area contributed by atoms with Crippen LogP contribution in [0.3, 0.4) is 0 Å². The Labute approximate surface area is 139 Å². The number of hydrogen-bond acceptors (Lipinski definition) is 6. The number of benzene rings is 1. The number of rotatable bonds is 9. The maximum absolute atomic E-state index is 10.8. The van der Waals surface area contributed by atoms with E-state index in [0.29, 0.717) is 54.2 Å². The fourth-order valence-corrected chi connectivity index (χ4v) is 2.88. The Bertz CT molecular complexity index is 733. The zero-order chi connectivity index (χ0) is 17.6. The van der Waals surface area contributed by atoms with Gasteiger partial charge in [0, 0.05) is 12.2 Å². The fourth-order valence-electron chi connectivity index (χ4n) is 2.24. The molecule has 0 radical (unpaired) electrons. The highest BCUT2D eigenvalue weighted by atomic mass is 31.2. The molecule has 0 amide bonds. The number of hydrogen-bond donors (Lipinski definition) is 2. The summed E-state index contributed by atoms with van der Waals surface area (Å²) in [6.07, 6.45) is 3.13. The first kappa shape index (κ1) is 18.4. The third-order valence-corrected chi connectivity index (χ3v) is 4.34. The number of aromatic nitrogens is 2. The number of methoxy groups -OCH3 is 2. The van der Waals surface area contributed by atoms with Crippen LogP contribution in [0.1, 0.15) is 19.3 Å².